The van der Waals surface area contributed by atoms with Crippen molar-refractivity contribution in [3.05, 3.63) is 29.3 Å². The van der Waals surface area contributed by atoms with Crippen LogP contribution in [0.5, 0.6) is 11.5 Å². The first-order valence-corrected chi connectivity index (χ1v) is 8.16. The van der Waals surface area contributed by atoms with Crippen molar-refractivity contribution in [1.82, 2.24) is 0 Å². The number of rotatable bonds is 6. The fraction of sp³-hybridized carbons (Fsp3) is 0.579. The van der Waals surface area contributed by atoms with Crippen molar-refractivity contribution in [2.24, 2.45) is 0 Å². The molecule has 1 aromatic rings. The van der Waals surface area contributed by atoms with E-state index in [0.29, 0.717) is 5.75 Å². The van der Waals surface area contributed by atoms with Crippen LogP contribution in [-0.2, 0) is 5.41 Å². The Hall–Kier alpha value is -1.44. The number of hydrogen-bond donors (Lipinski definition) is 1. The van der Waals surface area contributed by atoms with E-state index in [1.54, 1.807) is 0 Å². The summed E-state index contributed by atoms with van der Waals surface area (Å²) in [6.07, 6.45) is 10.2. The number of ether oxygens (including phenoxy) is 1. The minimum atomic E-state index is 0.0635. The second-order valence-corrected chi connectivity index (χ2v) is 6.78. The molecule has 0 amide bonds. The zero-order chi connectivity index (χ0) is 15.5. The summed E-state index contributed by atoms with van der Waals surface area (Å²) in [7, 11) is 0. The van der Waals surface area contributed by atoms with E-state index >= 15 is 0 Å². The predicted octanol–water partition coefficient (Wildman–Crippen LogP) is 5.43. The molecular weight excluding hydrogens is 260 g/mol. The quantitative estimate of drug-likeness (QED) is 0.707. The highest BCUT2D eigenvalue weighted by Gasteiger charge is 2.24. The van der Waals surface area contributed by atoms with Crippen LogP contribution in [0, 0.1) is 0 Å². The summed E-state index contributed by atoms with van der Waals surface area (Å²) in [5.74, 6) is 1.13. The Balaban J connectivity index is 2.18. The topological polar surface area (TPSA) is 29.5 Å². The minimum absolute atomic E-state index is 0.0635. The zero-order valence-electron chi connectivity index (χ0n) is 13.8. The van der Waals surface area contributed by atoms with E-state index < -0.39 is 0 Å². The predicted molar refractivity (Wildman–Crippen MR) is 89.0 cm³/mol. The maximum atomic E-state index is 10.3. The molecule has 1 N–H and O–H groups in total. The lowest BCUT2D eigenvalue weighted by atomic mass is 9.79. The number of phenols is 1. The van der Waals surface area contributed by atoms with Gasteiger partial charge in [-0.1, -0.05) is 46.5 Å². The Labute approximate surface area is 128 Å². The molecule has 1 atom stereocenters. The SMILES string of the molecule is CCCCCCC(C)(C)c1cc(O)c2c(c1)O[C@H](C)C=C2. The Bertz CT molecular complexity index is 515. The van der Waals surface area contributed by atoms with Gasteiger partial charge in [0.1, 0.15) is 17.6 Å². The third kappa shape index (κ3) is 3.81. The molecule has 0 saturated heterocycles. The van der Waals surface area contributed by atoms with Crippen molar-refractivity contribution in [1.29, 1.82) is 0 Å². The zero-order valence-corrected chi connectivity index (χ0v) is 13.8. The van der Waals surface area contributed by atoms with Crippen LogP contribution in [0.25, 0.3) is 6.08 Å². The van der Waals surface area contributed by atoms with Crippen LogP contribution in [-0.4, -0.2) is 11.2 Å². The molecule has 2 heteroatoms. The van der Waals surface area contributed by atoms with E-state index in [9.17, 15) is 5.11 Å². The smallest absolute Gasteiger partial charge is 0.131 e. The molecule has 0 unspecified atom stereocenters. The summed E-state index contributed by atoms with van der Waals surface area (Å²) in [6, 6.07) is 4.01. The Morgan fingerprint density at radius 1 is 1.19 bits per heavy atom. The second kappa shape index (κ2) is 6.55. The largest absolute Gasteiger partial charge is 0.507 e. The molecule has 21 heavy (non-hydrogen) atoms. The standard InChI is InChI=1S/C19H28O2/c1-5-6-7-8-11-19(3,4)15-12-17(20)16-10-9-14(2)21-18(16)13-15/h9-10,12-14,20H,5-8,11H2,1-4H3/t14-/m1/s1. The first-order chi connectivity index (χ1) is 9.94. The van der Waals surface area contributed by atoms with Crippen molar-refractivity contribution in [2.75, 3.05) is 0 Å². The molecule has 0 bridgehead atoms. The number of fused-ring (bicyclic) bond motifs is 1. The van der Waals surface area contributed by atoms with E-state index in [0.717, 1.165) is 23.3 Å². The molecule has 2 rings (SSSR count). The van der Waals surface area contributed by atoms with Gasteiger partial charge in [-0.15, -0.1) is 0 Å². The summed E-state index contributed by atoms with van der Waals surface area (Å²) < 4.78 is 5.84. The van der Waals surface area contributed by atoms with Gasteiger partial charge < -0.3 is 9.84 Å². The third-order valence-electron chi connectivity index (χ3n) is 4.40. The Morgan fingerprint density at radius 2 is 1.95 bits per heavy atom. The molecule has 0 saturated carbocycles. The molecule has 1 aliphatic rings. The monoisotopic (exact) mass is 288 g/mol. The molecule has 1 heterocycles. The fourth-order valence-electron chi connectivity index (χ4n) is 2.88. The Morgan fingerprint density at radius 3 is 2.67 bits per heavy atom. The molecule has 0 aromatic heterocycles. The molecule has 1 aromatic carbocycles. The van der Waals surface area contributed by atoms with E-state index in [-0.39, 0.29) is 11.5 Å². The van der Waals surface area contributed by atoms with Crippen LogP contribution in [0.3, 0.4) is 0 Å². The van der Waals surface area contributed by atoms with E-state index in [2.05, 4.69) is 26.8 Å². The minimum Gasteiger partial charge on any atom is -0.507 e. The molecule has 1 aliphatic heterocycles. The second-order valence-electron chi connectivity index (χ2n) is 6.78. The fourth-order valence-corrected chi connectivity index (χ4v) is 2.88. The maximum absolute atomic E-state index is 10.3. The highest BCUT2D eigenvalue weighted by Crippen LogP contribution is 2.40. The number of benzene rings is 1. The van der Waals surface area contributed by atoms with Crippen molar-refractivity contribution in [3.8, 4) is 11.5 Å². The Kier molecular flexibility index (Phi) is 4.97. The highest BCUT2D eigenvalue weighted by atomic mass is 16.5. The lowest BCUT2D eigenvalue weighted by molar-refractivity contribution is 0.263. The molecule has 0 radical (unpaired) electrons. The number of phenolic OH excluding ortho intramolecular Hbond substituents is 1. The lowest BCUT2D eigenvalue weighted by Crippen LogP contribution is -2.19. The van der Waals surface area contributed by atoms with Crippen LogP contribution in [0.15, 0.2) is 18.2 Å². The average molecular weight is 288 g/mol. The van der Waals surface area contributed by atoms with Gasteiger partial charge in [0.2, 0.25) is 0 Å². The number of aromatic hydroxyl groups is 1. The first-order valence-electron chi connectivity index (χ1n) is 8.16. The molecule has 0 spiro atoms. The van der Waals surface area contributed by atoms with Gasteiger partial charge in [0.25, 0.3) is 0 Å². The van der Waals surface area contributed by atoms with Gasteiger partial charge in [-0.3, -0.25) is 0 Å². The lowest BCUT2D eigenvalue weighted by Gasteiger charge is -2.28. The molecular formula is C19H28O2. The molecule has 0 fully saturated rings. The number of unbranched alkanes of at least 4 members (excludes halogenated alkanes) is 3. The van der Waals surface area contributed by atoms with Crippen molar-refractivity contribution < 1.29 is 9.84 Å². The van der Waals surface area contributed by atoms with Crippen LogP contribution in [0.1, 0.15) is 70.9 Å². The van der Waals surface area contributed by atoms with Crippen LogP contribution >= 0.6 is 0 Å². The summed E-state index contributed by atoms with van der Waals surface area (Å²) in [4.78, 5) is 0. The normalized spacial score (nSPS) is 17.4. The van der Waals surface area contributed by atoms with Crippen molar-refractivity contribution in [3.63, 3.8) is 0 Å². The van der Waals surface area contributed by atoms with Crippen molar-refractivity contribution >= 4 is 6.08 Å². The van der Waals surface area contributed by atoms with Crippen LogP contribution < -0.4 is 4.74 Å². The third-order valence-corrected chi connectivity index (χ3v) is 4.40. The van der Waals surface area contributed by atoms with Gasteiger partial charge >= 0.3 is 0 Å². The van der Waals surface area contributed by atoms with Gasteiger partial charge in [0.05, 0.1) is 5.56 Å². The van der Waals surface area contributed by atoms with E-state index in [4.69, 9.17) is 4.74 Å². The average Bonchev–Trinajstić information content (AvgIpc) is 2.43. The molecule has 116 valence electrons. The van der Waals surface area contributed by atoms with E-state index in [1.165, 1.54) is 25.7 Å². The molecule has 0 aliphatic carbocycles. The summed E-state index contributed by atoms with van der Waals surface area (Å²) >= 11 is 0. The summed E-state index contributed by atoms with van der Waals surface area (Å²) in [5, 5.41) is 10.3. The van der Waals surface area contributed by atoms with Gasteiger partial charge in [-0.05, 0) is 48.6 Å². The van der Waals surface area contributed by atoms with Gasteiger partial charge in [-0.25, -0.2) is 0 Å². The van der Waals surface area contributed by atoms with Gasteiger partial charge in [0, 0.05) is 0 Å². The maximum Gasteiger partial charge on any atom is 0.131 e. The van der Waals surface area contributed by atoms with Gasteiger partial charge in [0.15, 0.2) is 0 Å². The highest BCUT2D eigenvalue weighted by molar-refractivity contribution is 5.67. The first kappa shape index (κ1) is 15.9. The van der Waals surface area contributed by atoms with Crippen molar-refractivity contribution in [2.45, 2.75) is 71.3 Å². The van der Waals surface area contributed by atoms with Gasteiger partial charge in [-0.2, -0.15) is 0 Å². The number of hydrogen-bond acceptors (Lipinski definition) is 2. The molecule has 2 nitrogen and oxygen atoms in total. The summed E-state index contributed by atoms with van der Waals surface area (Å²) in [5.41, 5.74) is 2.03. The van der Waals surface area contributed by atoms with Crippen LogP contribution in [0.4, 0.5) is 0 Å². The summed E-state index contributed by atoms with van der Waals surface area (Å²) in [6.45, 7) is 8.75. The van der Waals surface area contributed by atoms with E-state index in [1.807, 2.05) is 25.1 Å². The van der Waals surface area contributed by atoms with Crippen LogP contribution in [0.2, 0.25) is 0 Å².